The van der Waals surface area contributed by atoms with Crippen LogP contribution in [0.2, 0.25) is 5.02 Å². The highest BCUT2D eigenvalue weighted by atomic mass is 35.5. The Morgan fingerprint density at radius 1 is 1.19 bits per heavy atom. The summed E-state index contributed by atoms with van der Waals surface area (Å²) in [4.78, 5) is 12.4. The van der Waals surface area contributed by atoms with Gasteiger partial charge in [0.25, 0.3) is 5.91 Å². The van der Waals surface area contributed by atoms with E-state index in [0.717, 1.165) is 17.5 Å². The monoisotopic (exact) mass is 404 g/mol. The molecule has 0 spiro atoms. The Morgan fingerprint density at radius 3 is 2.63 bits per heavy atom. The minimum absolute atomic E-state index is 0.156. The summed E-state index contributed by atoms with van der Waals surface area (Å²) < 4.78 is 26.8. The number of nitrogens with zero attached hydrogens (tertiary/aromatic N) is 2. The number of anilines is 1. The SMILES string of the molecule is CS(=O)(=O)Nc1cc(C(=O)NCc2cnn(-c3ccccc3)c2)ccc1Cl. The number of hydrogen-bond donors (Lipinski definition) is 2. The quantitative estimate of drug-likeness (QED) is 0.660. The van der Waals surface area contributed by atoms with Crippen LogP contribution in [0.15, 0.2) is 60.9 Å². The van der Waals surface area contributed by atoms with Gasteiger partial charge in [0.15, 0.2) is 0 Å². The topological polar surface area (TPSA) is 93.1 Å². The molecule has 0 radical (unpaired) electrons. The lowest BCUT2D eigenvalue weighted by Crippen LogP contribution is -2.23. The first-order chi connectivity index (χ1) is 12.8. The molecule has 2 N–H and O–H groups in total. The first-order valence-corrected chi connectivity index (χ1v) is 10.2. The summed E-state index contributed by atoms with van der Waals surface area (Å²) in [6.45, 7) is 0.281. The lowest BCUT2D eigenvalue weighted by molar-refractivity contribution is 0.0951. The third-order valence-electron chi connectivity index (χ3n) is 3.63. The summed E-state index contributed by atoms with van der Waals surface area (Å²) in [6.07, 6.45) is 4.51. The van der Waals surface area contributed by atoms with Crippen molar-refractivity contribution in [2.24, 2.45) is 0 Å². The Balaban J connectivity index is 1.68. The normalized spacial score (nSPS) is 11.2. The molecule has 0 atom stereocenters. The minimum atomic E-state index is -3.50. The molecule has 9 heteroatoms. The number of aromatic nitrogens is 2. The van der Waals surface area contributed by atoms with E-state index < -0.39 is 10.0 Å². The van der Waals surface area contributed by atoms with E-state index in [2.05, 4.69) is 15.1 Å². The molecule has 0 aliphatic rings. The maximum Gasteiger partial charge on any atom is 0.251 e. The molecule has 0 unspecified atom stereocenters. The summed E-state index contributed by atoms with van der Waals surface area (Å²) >= 11 is 5.97. The van der Waals surface area contributed by atoms with Crippen molar-refractivity contribution < 1.29 is 13.2 Å². The molecule has 0 saturated carbocycles. The van der Waals surface area contributed by atoms with Gasteiger partial charge in [0, 0.05) is 23.9 Å². The third-order valence-corrected chi connectivity index (χ3v) is 4.55. The van der Waals surface area contributed by atoms with Crippen molar-refractivity contribution in [3.05, 3.63) is 77.1 Å². The molecular weight excluding hydrogens is 388 g/mol. The molecule has 0 saturated heterocycles. The van der Waals surface area contributed by atoms with Gasteiger partial charge in [-0.25, -0.2) is 13.1 Å². The number of carbonyl (C=O) groups is 1. The predicted molar refractivity (Wildman–Crippen MR) is 105 cm³/mol. The summed E-state index contributed by atoms with van der Waals surface area (Å²) in [6, 6.07) is 14.0. The van der Waals surface area contributed by atoms with Gasteiger partial charge < -0.3 is 5.32 Å². The van der Waals surface area contributed by atoms with Crippen LogP contribution in [0, 0.1) is 0 Å². The lowest BCUT2D eigenvalue weighted by Gasteiger charge is -2.09. The fourth-order valence-corrected chi connectivity index (χ4v) is 3.19. The van der Waals surface area contributed by atoms with Crippen LogP contribution < -0.4 is 10.0 Å². The molecule has 0 fully saturated rings. The van der Waals surface area contributed by atoms with E-state index in [4.69, 9.17) is 11.6 Å². The Bertz CT molecular complexity index is 1070. The van der Waals surface area contributed by atoms with Gasteiger partial charge in [-0.2, -0.15) is 5.10 Å². The number of benzene rings is 2. The molecule has 0 aliphatic carbocycles. The highest BCUT2D eigenvalue weighted by Gasteiger charge is 2.12. The Hall–Kier alpha value is -2.84. The second-order valence-corrected chi connectivity index (χ2v) is 8.04. The van der Waals surface area contributed by atoms with Crippen LogP contribution in [0.25, 0.3) is 5.69 Å². The van der Waals surface area contributed by atoms with Crippen molar-refractivity contribution in [3.63, 3.8) is 0 Å². The second kappa shape index (κ2) is 7.81. The third kappa shape index (κ3) is 5.08. The number of para-hydroxylation sites is 1. The molecular formula is C18H17ClN4O3S. The molecule has 3 aromatic rings. The van der Waals surface area contributed by atoms with Crippen molar-refractivity contribution >= 4 is 33.2 Å². The molecule has 7 nitrogen and oxygen atoms in total. The second-order valence-electron chi connectivity index (χ2n) is 5.88. The number of sulfonamides is 1. The fourth-order valence-electron chi connectivity index (χ4n) is 2.40. The predicted octanol–water partition coefficient (Wildman–Crippen LogP) is 2.83. The van der Waals surface area contributed by atoms with E-state index >= 15 is 0 Å². The van der Waals surface area contributed by atoms with E-state index in [0.29, 0.717) is 5.56 Å². The van der Waals surface area contributed by atoms with Gasteiger partial charge in [0.2, 0.25) is 10.0 Å². The standard InChI is InChI=1S/C18H17ClN4O3S/c1-27(25,26)22-17-9-14(7-8-16(17)19)18(24)20-10-13-11-21-23(12-13)15-5-3-2-4-6-15/h2-9,11-12,22H,10H2,1H3,(H,20,24). The average Bonchev–Trinajstić information content (AvgIpc) is 3.10. The highest BCUT2D eigenvalue weighted by Crippen LogP contribution is 2.24. The van der Waals surface area contributed by atoms with Gasteiger partial charge in [-0.05, 0) is 30.3 Å². The van der Waals surface area contributed by atoms with Crippen LogP contribution in [0.3, 0.4) is 0 Å². The molecule has 1 heterocycles. The molecule has 0 bridgehead atoms. The number of carbonyl (C=O) groups excluding carboxylic acids is 1. The summed E-state index contributed by atoms with van der Waals surface area (Å²) in [5, 5.41) is 7.26. The number of rotatable bonds is 6. The zero-order valence-electron chi connectivity index (χ0n) is 14.4. The van der Waals surface area contributed by atoms with Gasteiger partial charge in [-0.15, -0.1) is 0 Å². The fraction of sp³-hybridized carbons (Fsp3) is 0.111. The Kier molecular flexibility index (Phi) is 5.48. The van der Waals surface area contributed by atoms with Crippen LogP contribution in [0.5, 0.6) is 0 Å². The summed E-state index contributed by atoms with van der Waals surface area (Å²) in [5.74, 6) is -0.351. The lowest BCUT2D eigenvalue weighted by atomic mass is 10.2. The van der Waals surface area contributed by atoms with E-state index in [1.807, 2.05) is 36.5 Å². The largest absolute Gasteiger partial charge is 0.348 e. The zero-order valence-corrected chi connectivity index (χ0v) is 16.0. The van der Waals surface area contributed by atoms with Gasteiger partial charge in [0.1, 0.15) is 0 Å². The smallest absolute Gasteiger partial charge is 0.251 e. The Morgan fingerprint density at radius 2 is 1.93 bits per heavy atom. The molecule has 3 rings (SSSR count). The highest BCUT2D eigenvalue weighted by molar-refractivity contribution is 7.92. The number of halogens is 1. The van der Waals surface area contributed by atoms with Crippen molar-refractivity contribution in [1.29, 1.82) is 0 Å². The van der Waals surface area contributed by atoms with Gasteiger partial charge in [-0.1, -0.05) is 29.8 Å². The molecule has 2 aromatic carbocycles. The number of hydrogen-bond acceptors (Lipinski definition) is 4. The van der Waals surface area contributed by atoms with Crippen LogP contribution in [0.4, 0.5) is 5.69 Å². The zero-order chi connectivity index (χ0) is 19.4. The molecule has 1 aromatic heterocycles. The van der Waals surface area contributed by atoms with Crippen LogP contribution in [-0.4, -0.2) is 30.4 Å². The van der Waals surface area contributed by atoms with Gasteiger partial charge in [-0.3, -0.25) is 9.52 Å². The van der Waals surface area contributed by atoms with Crippen LogP contribution >= 0.6 is 11.6 Å². The van der Waals surface area contributed by atoms with E-state index in [1.54, 1.807) is 10.9 Å². The average molecular weight is 405 g/mol. The van der Waals surface area contributed by atoms with E-state index in [9.17, 15) is 13.2 Å². The van der Waals surface area contributed by atoms with E-state index in [-0.39, 0.29) is 23.2 Å². The number of nitrogens with one attached hydrogen (secondary N) is 2. The van der Waals surface area contributed by atoms with Crippen molar-refractivity contribution in [3.8, 4) is 5.69 Å². The molecule has 1 amide bonds. The van der Waals surface area contributed by atoms with Crippen LogP contribution in [-0.2, 0) is 16.6 Å². The van der Waals surface area contributed by atoms with Crippen LogP contribution in [0.1, 0.15) is 15.9 Å². The van der Waals surface area contributed by atoms with Crippen molar-refractivity contribution in [1.82, 2.24) is 15.1 Å². The minimum Gasteiger partial charge on any atom is -0.348 e. The maximum absolute atomic E-state index is 12.4. The Labute approximate surface area is 162 Å². The summed E-state index contributed by atoms with van der Waals surface area (Å²) in [7, 11) is -3.50. The van der Waals surface area contributed by atoms with Gasteiger partial charge >= 0.3 is 0 Å². The molecule has 140 valence electrons. The van der Waals surface area contributed by atoms with Gasteiger partial charge in [0.05, 0.1) is 28.9 Å². The maximum atomic E-state index is 12.4. The first kappa shape index (κ1) is 18.9. The first-order valence-electron chi connectivity index (χ1n) is 7.96. The van der Waals surface area contributed by atoms with Crippen molar-refractivity contribution in [2.45, 2.75) is 6.54 Å². The van der Waals surface area contributed by atoms with Crippen molar-refractivity contribution in [2.75, 3.05) is 11.0 Å². The summed E-state index contributed by atoms with van der Waals surface area (Å²) in [5.41, 5.74) is 2.20. The van der Waals surface area contributed by atoms with E-state index in [1.165, 1.54) is 18.2 Å². The number of amides is 1. The molecule has 0 aliphatic heterocycles. The molecule has 27 heavy (non-hydrogen) atoms.